The lowest BCUT2D eigenvalue weighted by Crippen LogP contribution is -2.46. The topological polar surface area (TPSA) is 134 Å². The van der Waals surface area contributed by atoms with E-state index in [0.29, 0.717) is 6.42 Å². The predicted octanol–water partition coefficient (Wildman–Crippen LogP) is 1.48. The second-order valence-corrected chi connectivity index (χ2v) is 8.98. The van der Waals surface area contributed by atoms with Gasteiger partial charge in [-0.3, -0.25) is 14.4 Å². The molecule has 0 radical (unpaired) electrons. The minimum absolute atomic E-state index is 0.00342. The highest BCUT2D eigenvalue weighted by atomic mass is 16.5. The van der Waals surface area contributed by atoms with Crippen molar-refractivity contribution >= 4 is 23.9 Å². The van der Waals surface area contributed by atoms with E-state index in [0.717, 1.165) is 22.3 Å². The number of carbonyl (C=O) groups excluding carboxylic acids is 3. The average Bonchev–Trinajstić information content (AvgIpc) is 3.43. The summed E-state index contributed by atoms with van der Waals surface area (Å²) in [5.74, 6) is -3.44. The highest BCUT2D eigenvalue weighted by Crippen LogP contribution is 2.44. The first-order valence-electron chi connectivity index (χ1n) is 11.3. The van der Waals surface area contributed by atoms with Crippen molar-refractivity contribution in [1.82, 2.24) is 16.0 Å². The quantitative estimate of drug-likeness (QED) is 0.492. The zero-order valence-corrected chi connectivity index (χ0v) is 18.3. The fourth-order valence-corrected chi connectivity index (χ4v) is 4.94. The normalized spacial score (nSPS) is 24.5. The van der Waals surface area contributed by atoms with Crippen LogP contribution in [0.3, 0.4) is 0 Å². The van der Waals surface area contributed by atoms with Crippen LogP contribution in [0.2, 0.25) is 0 Å². The van der Waals surface area contributed by atoms with Crippen LogP contribution in [0.15, 0.2) is 48.5 Å². The molecule has 3 amide bonds. The van der Waals surface area contributed by atoms with Crippen LogP contribution in [0.25, 0.3) is 11.1 Å². The molecule has 0 aromatic heterocycles. The van der Waals surface area contributed by atoms with Crippen LogP contribution < -0.4 is 16.0 Å². The van der Waals surface area contributed by atoms with Gasteiger partial charge in [0.25, 0.3) is 0 Å². The number of aliphatic carboxylic acids is 1. The zero-order valence-electron chi connectivity index (χ0n) is 18.3. The summed E-state index contributed by atoms with van der Waals surface area (Å²) < 4.78 is 5.51. The molecule has 34 heavy (non-hydrogen) atoms. The molecule has 9 heteroatoms. The molecule has 0 spiro atoms. The molecular formula is C25H25N3O6. The number of fused-ring (bicyclic) bond motifs is 3. The van der Waals surface area contributed by atoms with Gasteiger partial charge in [0.15, 0.2) is 0 Å². The number of alkyl carbamates (subject to hydrolysis) is 1. The van der Waals surface area contributed by atoms with Crippen molar-refractivity contribution in [3.8, 4) is 11.1 Å². The van der Waals surface area contributed by atoms with Crippen LogP contribution >= 0.6 is 0 Å². The molecule has 0 bridgehead atoms. The number of ether oxygens (including phenoxy) is 1. The maximum Gasteiger partial charge on any atom is 0.407 e. The number of hydrogen-bond acceptors (Lipinski definition) is 5. The first-order chi connectivity index (χ1) is 16.4. The Balaban J connectivity index is 1.10. The van der Waals surface area contributed by atoms with Gasteiger partial charge in [-0.25, -0.2) is 4.79 Å². The van der Waals surface area contributed by atoms with Crippen LogP contribution in [0.4, 0.5) is 4.79 Å². The third kappa shape index (κ3) is 4.09. The Labute approximate surface area is 195 Å². The third-order valence-corrected chi connectivity index (χ3v) is 6.91. The lowest BCUT2D eigenvalue weighted by molar-refractivity contribution is -0.143. The summed E-state index contributed by atoms with van der Waals surface area (Å²) in [5, 5.41) is 16.9. The first kappa shape index (κ1) is 21.9. The molecule has 1 saturated heterocycles. The van der Waals surface area contributed by atoms with Crippen LogP contribution in [0.1, 0.15) is 23.5 Å². The highest BCUT2D eigenvalue weighted by molar-refractivity contribution is 5.95. The second kappa shape index (κ2) is 8.81. The Morgan fingerprint density at radius 1 is 1.00 bits per heavy atom. The molecule has 176 valence electrons. The lowest BCUT2D eigenvalue weighted by atomic mass is 9.98. The van der Waals surface area contributed by atoms with Gasteiger partial charge in [-0.2, -0.15) is 0 Å². The largest absolute Gasteiger partial charge is 0.481 e. The summed E-state index contributed by atoms with van der Waals surface area (Å²) in [4.78, 5) is 47.8. The fourth-order valence-electron chi connectivity index (χ4n) is 4.94. The maximum absolute atomic E-state index is 12.4. The van der Waals surface area contributed by atoms with E-state index in [9.17, 15) is 24.3 Å². The van der Waals surface area contributed by atoms with E-state index in [-0.39, 0.29) is 43.4 Å². The third-order valence-electron chi connectivity index (χ3n) is 6.91. The van der Waals surface area contributed by atoms with Crippen molar-refractivity contribution in [1.29, 1.82) is 0 Å². The van der Waals surface area contributed by atoms with Crippen LogP contribution in [-0.2, 0) is 19.1 Å². The number of amides is 3. The monoisotopic (exact) mass is 463 g/mol. The van der Waals surface area contributed by atoms with Gasteiger partial charge in [0.1, 0.15) is 18.6 Å². The number of carbonyl (C=O) groups is 4. The second-order valence-electron chi connectivity index (χ2n) is 8.98. The Morgan fingerprint density at radius 3 is 2.29 bits per heavy atom. The minimum atomic E-state index is -1.13. The highest BCUT2D eigenvalue weighted by Gasteiger charge is 2.47. The van der Waals surface area contributed by atoms with Gasteiger partial charge in [0, 0.05) is 24.9 Å². The van der Waals surface area contributed by atoms with Gasteiger partial charge < -0.3 is 25.8 Å². The number of hydrogen-bond donors (Lipinski definition) is 4. The number of rotatable bonds is 7. The lowest BCUT2D eigenvalue weighted by Gasteiger charge is -2.15. The standard InChI is InChI=1S/C25H25N3O6/c29-22(28-21-19(24(31)32)11-26-23(21)30)18-9-13(18)10-27-25(33)34-12-20-16-7-3-1-5-14(16)15-6-2-4-8-17(15)20/h1-8,13,18-21H,9-12H2,(H,26,30)(H,27,33)(H,28,29)(H,31,32). The Bertz CT molecular complexity index is 1120. The molecule has 9 nitrogen and oxygen atoms in total. The smallest absolute Gasteiger partial charge is 0.407 e. The molecule has 5 rings (SSSR count). The van der Waals surface area contributed by atoms with E-state index in [1.807, 2.05) is 36.4 Å². The summed E-state index contributed by atoms with van der Waals surface area (Å²) in [6.45, 7) is 0.479. The van der Waals surface area contributed by atoms with Crippen LogP contribution in [-0.4, -0.2) is 54.7 Å². The first-order valence-corrected chi connectivity index (χ1v) is 11.3. The SMILES string of the molecule is O=C(NCC1CC1C(=O)NC1C(=O)NCC1C(=O)O)OCC1c2ccccc2-c2ccccc21. The van der Waals surface area contributed by atoms with Crippen molar-refractivity contribution in [2.45, 2.75) is 18.4 Å². The molecule has 2 aliphatic carbocycles. The van der Waals surface area contributed by atoms with Crippen molar-refractivity contribution < 1.29 is 29.0 Å². The van der Waals surface area contributed by atoms with E-state index >= 15 is 0 Å². The predicted molar refractivity (Wildman–Crippen MR) is 121 cm³/mol. The summed E-state index contributed by atoms with van der Waals surface area (Å²) >= 11 is 0. The average molecular weight is 463 g/mol. The van der Waals surface area contributed by atoms with E-state index in [4.69, 9.17) is 4.74 Å². The summed E-state index contributed by atoms with van der Waals surface area (Å²) in [6.07, 6.45) is 0.00992. The van der Waals surface area contributed by atoms with Gasteiger partial charge in [-0.1, -0.05) is 48.5 Å². The summed E-state index contributed by atoms with van der Waals surface area (Å²) in [7, 11) is 0. The molecule has 2 aromatic carbocycles. The Kier molecular flexibility index (Phi) is 5.69. The van der Waals surface area contributed by atoms with Crippen molar-refractivity contribution in [3.63, 3.8) is 0 Å². The van der Waals surface area contributed by atoms with E-state index in [2.05, 4.69) is 28.1 Å². The molecule has 1 heterocycles. The molecule has 1 aliphatic heterocycles. The van der Waals surface area contributed by atoms with E-state index < -0.39 is 29.9 Å². The number of carboxylic acids is 1. The minimum Gasteiger partial charge on any atom is -0.481 e. The van der Waals surface area contributed by atoms with E-state index in [1.54, 1.807) is 0 Å². The molecule has 4 N–H and O–H groups in total. The summed E-state index contributed by atoms with van der Waals surface area (Å²) in [5.41, 5.74) is 4.57. The van der Waals surface area contributed by atoms with Crippen molar-refractivity contribution in [3.05, 3.63) is 59.7 Å². The zero-order chi connectivity index (χ0) is 23.8. The van der Waals surface area contributed by atoms with Gasteiger partial charge in [0.2, 0.25) is 11.8 Å². The number of nitrogens with one attached hydrogen (secondary N) is 3. The van der Waals surface area contributed by atoms with Gasteiger partial charge in [-0.15, -0.1) is 0 Å². The van der Waals surface area contributed by atoms with Crippen LogP contribution in [0, 0.1) is 17.8 Å². The fraction of sp³-hybridized carbons (Fsp3) is 0.360. The summed E-state index contributed by atoms with van der Waals surface area (Å²) in [6, 6.07) is 15.1. The van der Waals surface area contributed by atoms with Gasteiger partial charge in [-0.05, 0) is 34.6 Å². The number of benzene rings is 2. The maximum atomic E-state index is 12.4. The van der Waals surface area contributed by atoms with E-state index in [1.165, 1.54) is 0 Å². The number of carboxylic acid groups (broad SMARTS) is 1. The molecule has 2 fully saturated rings. The van der Waals surface area contributed by atoms with Crippen molar-refractivity contribution in [2.75, 3.05) is 19.7 Å². The molecule has 3 aliphatic rings. The molecule has 4 unspecified atom stereocenters. The molecule has 4 atom stereocenters. The van der Waals surface area contributed by atoms with Crippen LogP contribution in [0.5, 0.6) is 0 Å². The Hall–Kier alpha value is -3.88. The van der Waals surface area contributed by atoms with Gasteiger partial charge in [0.05, 0.1) is 0 Å². The molecule has 1 saturated carbocycles. The van der Waals surface area contributed by atoms with Gasteiger partial charge >= 0.3 is 12.1 Å². The molecule has 2 aromatic rings. The Morgan fingerprint density at radius 2 is 1.65 bits per heavy atom. The van der Waals surface area contributed by atoms with Crippen molar-refractivity contribution in [2.24, 2.45) is 17.8 Å². The molecular weight excluding hydrogens is 438 g/mol.